The highest BCUT2D eigenvalue weighted by molar-refractivity contribution is 6.51. The van der Waals surface area contributed by atoms with Crippen molar-refractivity contribution in [3.8, 4) is 0 Å². The average molecular weight is 126 g/mol. The Morgan fingerprint density at radius 2 is 2.33 bits per heavy atom. The van der Waals surface area contributed by atoms with E-state index in [-0.39, 0.29) is 12.7 Å². The van der Waals surface area contributed by atoms with E-state index >= 15 is 0 Å². The smallest absolute Gasteiger partial charge is 0.405 e. The van der Waals surface area contributed by atoms with E-state index in [1.807, 2.05) is 13.8 Å². The van der Waals surface area contributed by atoms with Gasteiger partial charge in [-0.15, -0.1) is 6.58 Å². The van der Waals surface area contributed by atoms with E-state index in [1.54, 1.807) is 5.98 Å². The molecule has 1 aliphatic rings. The van der Waals surface area contributed by atoms with Crippen molar-refractivity contribution in [1.29, 1.82) is 0 Å². The van der Waals surface area contributed by atoms with Gasteiger partial charge in [0.15, 0.2) is 0 Å². The summed E-state index contributed by atoms with van der Waals surface area (Å²) >= 11 is 0. The molecule has 9 heavy (non-hydrogen) atoms. The minimum atomic E-state index is -0.194. The van der Waals surface area contributed by atoms with Crippen molar-refractivity contribution in [2.45, 2.75) is 19.4 Å². The number of hydrogen-bond acceptors (Lipinski definition) is 2. The average Bonchev–Trinajstić information content (AvgIpc) is 2.10. The summed E-state index contributed by atoms with van der Waals surface area (Å²) in [4.78, 5) is 0. The fraction of sp³-hybridized carbons (Fsp3) is 0.667. The van der Waals surface area contributed by atoms with Gasteiger partial charge in [0, 0.05) is 0 Å². The quantitative estimate of drug-likeness (QED) is 0.488. The van der Waals surface area contributed by atoms with Crippen molar-refractivity contribution in [2.24, 2.45) is 0 Å². The van der Waals surface area contributed by atoms with Crippen LogP contribution in [-0.2, 0) is 9.31 Å². The molecule has 1 fully saturated rings. The first-order valence-electron chi connectivity index (χ1n) is 3.06. The first-order valence-corrected chi connectivity index (χ1v) is 3.06. The highest BCUT2D eigenvalue weighted by Crippen LogP contribution is 2.19. The van der Waals surface area contributed by atoms with E-state index in [4.69, 9.17) is 9.31 Å². The van der Waals surface area contributed by atoms with E-state index < -0.39 is 0 Å². The number of hydrogen-bond donors (Lipinski definition) is 0. The van der Waals surface area contributed by atoms with Crippen LogP contribution in [0.3, 0.4) is 0 Å². The molecule has 50 valence electrons. The second-order valence-electron chi connectivity index (χ2n) is 2.79. The Morgan fingerprint density at radius 1 is 1.67 bits per heavy atom. The van der Waals surface area contributed by atoms with Gasteiger partial charge in [-0.2, -0.15) is 0 Å². The van der Waals surface area contributed by atoms with Crippen molar-refractivity contribution in [3.63, 3.8) is 0 Å². The summed E-state index contributed by atoms with van der Waals surface area (Å²) in [5.74, 6) is 1.66. The summed E-state index contributed by atoms with van der Waals surface area (Å²) in [6, 6.07) is 0. The molecule has 1 saturated heterocycles. The number of rotatable bonds is 1. The van der Waals surface area contributed by atoms with Crippen molar-refractivity contribution >= 4 is 7.12 Å². The van der Waals surface area contributed by atoms with Gasteiger partial charge >= 0.3 is 7.12 Å². The molecule has 0 spiro atoms. The van der Waals surface area contributed by atoms with Crippen LogP contribution in [-0.4, -0.2) is 19.3 Å². The summed E-state index contributed by atoms with van der Waals surface area (Å²) < 4.78 is 10.5. The van der Waals surface area contributed by atoms with E-state index in [0.29, 0.717) is 6.61 Å². The van der Waals surface area contributed by atoms with Gasteiger partial charge in [0.1, 0.15) is 0 Å². The maximum atomic E-state index is 5.36. The fourth-order valence-electron chi connectivity index (χ4n) is 0.781. The standard InChI is InChI=1S/C6H11BO2/c1-4-7-8-5-6(2,3)9-7/h4H,1,5H2,2-3H3. The van der Waals surface area contributed by atoms with Crippen LogP contribution >= 0.6 is 0 Å². The Bertz CT molecular complexity index is 122. The molecule has 0 saturated carbocycles. The fourth-order valence-corrected chi connectivity index (χ4v) is 0.781. The topological polar surface area (TPSA) is 18.5 Å². The SMILES string of the molecule is C=CB1OCC(C)(C)O1. The Kier molecular flexibility index (Phi) is 1.64. The zero-order chi connectivity index (χ0) is 6.91. The Hall–Kier alpha value is -0.275. The highest BCUT2D eigenvalue weighted by Gasteiger charge is 2.34. The van der Waals surface area contributed by atoms with Gasteiger partial charge in [-0.05, 0) is 13.8 Å². The van der Waals surface area contributed by atoms with Crippen LogP contribution in [0.4, 0.5) is 0 Å². The van der Waals surface area contributed by atoms with E-state index in [0.717, 1.165) is 0 Å². The third kappa shape index (κ3) is 1.56. The second-order valence-corrected chi connectivity index (χ2v) is 2.79. The van der Waals surface area contributed by atoms with Gasteiger partial charge < -0.3 is 9.31 Å². The van der Waals surface area contributed by atoms with Crippen molar-refractivity contribution < 1.29 is 9.31 Å². The summed E-state index contributed by atoms with van der Waals surface area (Å²) in [5, 5.41) is 0. The lowest BCUT2D eigenvalue weighted by molar-refractivity contribution is 0.137. The minimum Gasteiger partial charge on any atom is -0.405 e. The van der Waals surface area contributed by atoms with Crippen LogP contribution in [0.25, 0.3) is 0 Å². The van der Waals surface area contributed by atoms with Crippen LogP contribution in [0.1, 0.15) is 13.8 Å². The molecule has 2 nitrogen and oxygen atoms in total. The molecule has 0 aromatic heterocycles. The van der Waals surface area contributed by atoms with E-state index in [1.165, 1.54) is 0 Å². The first kappa shape index (κ1) is 6.84. The van der Waals surface area contributed by atoms with Crippen LogP contribution in [0.15, 0.2) is 12.6 Å². The van der Waals surface area contributed by atoms with E-state index in [2.05, 4.69) is 6.58 Å². The van der Waals surface area contributed by atoms with Gasteiger partial charge in [-0.3, -0.25) is 0 Å². The summed E-state index contributed by atoms with van der Waals surface area (Å²) in [6.07, 6.45) is 0. The molecular formula is C6H11BO2. The zero-order valence-electron chi connectivity index (χ0n) is 5.89. The molecule has 1 rings (SSSR count). The predicted molar refractivity (Wildman–Crippen MR) is 37.1 cm³/mol. The van der Waals surface area contributed by atoms with Gasteiger partial charge in [0.25, 0.3) is 0 Å². The van der Waals surface area contributed by atoms with Crippen LogP contribution in [0.5, 0.6) is 0 Å². The first-order chi connectivity index (χ1) is 4.14. The maximum absolute atomic E-state index is 5.36. The highest BCUT2D eigenvalue weighted by atomic mass is 16.7. The molecule has 0 N–H and O–H groups in total. The van der Waals surface area contributed by atoms with Gasteiger partial charge in [0.05, 0.1) is 12.2 Å². The molecule has 0 aromatic rings. The minimum absolute atomic E-state index is 0.126. The van der Waals surface area contributed by atoms with Gasteiger partial charge in [-0.25, -0.2) is 0 Å². The molecule has 0 unspecified atom stereocenters. The van der Waals surface area contributed by atoms with Gasteiger partial charge in [0.2, 0.25) is 0 Å². The lowest BCUT2D eigenvalue weighted by Gasteiger charge is -2.14. The van der Waals surface area contributed by atoms with Crippen LogP contribution in [0.2, 0.25) is 0 Å². The predicted octanol–water partition coefficient (Wildman–Crippen LogP) is 1.03. The summed E-state index contributed by atoms with van der Waals surface area (Å²) in [7, 11) is -0.194. The third-order valence-corrected chi connectivity index (χ3v) is 1.22. The third-order valence-electron chi connectivity index (χ3n) is 1.22. The summed E-state index contributed by atoms with van der Waals surface area (Å²) in [6.45, 7) is 8.21. The molecule has 0 bridgehead atoms. The van der Waals surface area contributed by atoms with Crippen LogP contribution in [0, 0.1) is 0 Å². The van der Waals surface area contributed by atoms with Gasteiger partial charge in [-0.1, -0.05) is 5.98 Å². The monoisotopic (exact) mass is 126 g/mol. The molecule has 0 aliphatic carbocycles. The van der Waals surface area contributed by atoms with Crippen molar-refractivity contribution in [1.82, 2.24) is 0 Å². The second kappa shape index (κ2) is 2.16. The van der Waals surface area contributed by atoms with Crippen LogP contribution < -0.4 is 0 Å². The molecule has 1 heterocycles. The Labute approximate surface area is 56.0 Å². The molecule has 0 amide bonds. The molecular weight excluding hydrogens is 115 g/mol. The molecule has 0 radical (unpaired) electrons. The molecule has 1 aliphatic heterocycles. The van der Waals surface area contributed by atoms with Crippen molar-refractivity contribution in [3.05, 3.63) is 12.6 Å². The lowest BCUT2D eigenvalue weighted by atomic mass is 9.92. The van der Waals surface area contributed by atoms with Crippen molar-refractivity contribution in [2.75, 3.05) is 6.61 Å². The normalized spacial score (nSPS) is 24.4. The largest absolute Gasteiger partial charge is 0.486 e. The maximum Gasteiger partial charge on any atom is 0.486 e. The molecule has 0 aromatic carbocycles. The Morgan fingerprint density at radius 3 is 2.56 bits per heavy atom. The molecule has 0 atom stereocenters. The Balaban J connectivity index is 2.47. The van der Waals surface area contributed by atoms with E-state index in [9.17, 15) is 0 Å². The summed E-state index contributed by atoms with van der Waals surface area (Å²) in [5.41, 5.74) is -0.126. The zero-order valence-corrected chi connectivity index (χ0v) is 5.89. The lowest BCUT2D eigenvalue weighted by Crippen LogP contribution is -2.23. The molecule has 3 heteroatoms.